The molecule has 0 unspecified atom stereocenters. The molecule has 1 aliphatic rings. The molecular formula is C21H23ClN2O5S. The summed E-state index contributed by atoms with van der Waals surface area (Å²) < 4.78 is 32.1. The van der Waals surface area contributed by atoms with Gasteiger partial charge in [-0.3, -0.25) is 4.79 Å². The number of carbonyl (C=O) groups excluding carboxylic acids is 2. The Labute approximate surface area is 181 Å². The molecule has 0 aliphatic carbocycles. The van der Waals surface area contributed by atoms with Crippen molar-refractivity contribution in [2.45, 2.75) is 31.1 Å². The van der Waals surface area contributed by atoms with Crippen LogP contribution in [0.25, 0.3) is 0 Å². The Hall–Kier alpha value is -2.42. The van der Waals surface area contributed by atoms with Crippen molar-refractivity contribution < 1.29 is 22.7 Å². The van der Waals surface area contributed by atoms with Gasteiger partial charge in [0.05, 0.1) is 28.2 Å². The predicted octanol–water partition coefficient (Wildman–Crippen LogP) is 3.86. The molecule has 160 valence electrons. The van der Waals surface area contributed by atoms with Crippen LogP contribution in [0, 0.1) is 6.92 Å². The fourth-order valence-electron chi connectivity index (χ4n) is 3.38. The molecule has 1 N–H and O–H groups in total. The topological polar surface area (TPSA) is 92.8 Å². The lowest BCUT2D eigenvalue weighted by Gasteiger charge is -2.26. The smallest absolute Gasteiger partial charge is 0.338 e. The van der Waals surface area contributed by atoms with Crippen LogP contribution in [0.15, 0.2) is 41.3 Å². The number of nitrogens with one attached hydrogen (secondary N) is 1. The Morgan fingerprint density at radius 3 is 2.43 bits per heavy atom. The van der Waals surface area contributed by atoms with Crippen molar-refractivity contribution in [1.82, 2.24) is 4.31 Å². The van der Waals surface area contributed by atoms with Gasteiger partial charge in [0.1, 0.15) is 0 Å². The Bertz CT molecular complexity index is 1080. The molecule has 1 fully saturated rings. The van der Waals surface area contributed by atoms with Crippen LogP contribution in [0.1, 0.15) is 45.5 Å². The van der Waals surface area contributed by atoms with E-state index in [9.17, 15) is 18.0 Å². The molecule has 0 saturated carbocycles. The Morgan fingerprint density at radius 2 is 1.77 bits per heavy atom. The third-order valence-corrected chi connectivity index (χ3v) is 7.35. The summed E-state index contributed by atoms with van der Waals surface area (Å²) >= 11 is 6.19. The first-order chi connectivity index (χ1) is 14.3. The highest BCUT2D eigenvalue weighted by atomic mass is 35.5. The third kappa shape index (κ3) is 4.50. The molecule has 0 bridgehead atoms. The number of halogens is 1. The zero-order chi connectivity index (χ0) is 21.9. The average molecular weight is 451 g/mol. The maximum atomic E-state index is 12.9. The van der Waals surface area contributed by atoms with Crippen LogP contribution in [0.5, 0.6) is 0 Å². The summed E-state index contributed by atoms with van der Waals surface area (Å²) in [6, 6.07) is 8.96. The standard InChI is InChI=1S/C21H23ClN2O5S/c1-14-16(21(26)29-2)7-6-8-19(14)23-20(25)17-13-15(9-10-18(17)22)30(27,28)24-11-4-3-5-12-24/h6-10,13H,3-5,11-12H2,1-2H3,(H,23,25). The first-order valence-electron chi connectivity index (χ1n) is 9.54. The Kier molecular flexibility index (Phi) is 6.80. The molecule has 2 aromatic rings. The number of esters is 1. The monoisotopic (exact) mass is 450 g/mol. The minimum absolute atomic E-state index is 0.0268. The van der Waals surface area contributed by atoms with E-state index in [1.54, 1.807) is 25.1 Å². The zero-order valence-electron chi connectivity index (χ0n) is 16.8. The van der Waals surface area contributed by atoms with E-state index in [4.69, 9.17) is 16.3 Å². The van der Waals surface area contributed by atoms with Crippen LogP contribution in [0.4, 0.5) is 5.69 Å². The third-order valence-electron chi connectivity index (χ3n) is 5.12. The van der Waals surface area contributed by atoms with Crippen LogP contribution in [0.3, 0.4) is 0 Å². The number of hydrogen-bond donors (Lipinski definition) is 1. The summed E-state index contributed by atoms with van der Waals surface area (Å²) in [5.74, 6) is -1.09. The molecule has 0 aromatic heterocycles. The van der Waals surface area contributed by atoms with Crippen molar-refractivity contribution in [3.63, 3.8) is 0 Å². The summed E-state index contributed by atoms with van der Waals surface area (Å²) in [4.78, 5) is 24.8. The number of methoxy groups -OCH3 is 1. The van der Waals surface area contributed by atoms with Gasteiger partial charge in [-0.25, -0.2) is 13.2 Å². The summed E-state index contributed by atoms with van der Waals surface area (Å²) in [6.45, 7) is 2.61. The van der Waals surface area contributed by atoms with Gasteiger partial charge in [-0.15, -0.1) is 0 Å². The number of ether oxygens (including phenoxy) is 1. The van der Waals surface area contributed by atoms with Gasteiger partial charge in [-0.05, 0) is 55.7 Å². The molecule has 9 heteroatoms. The van der Waals surface area contributed by atoms with Gasteiger partial charge < -0.3 is 10.1 Å². The summed E-state index contributed by atoms with van der Waals surface area (Å²) in [6.07, 6.45) is 2.64. The molecule has 1 heterocycles. The number of anilines is 1. The minimum atomic E-state index is -3.70. The number of nitrogens with zero attached hydrogens (tertiary/aromatic N) is 1. The number of hydrogen-bond acceptors (Lipinski definition) is 5. The van der Waals surface area contributed by atoms with E-state index in [0.29, 0.717) is 29.9 Å². The molecule has 30 heavy (non-hydrogen) atoms. The number of piperidine rings is 1. The lowest BCUT2D eigenvalue weighted by atomic mass is 10.1. The summed E-state index contributed by atoms with van der Waals surface area (Å²) in [5, 5.41) is 2.84. The van der Waals surface area contributed by atoms with Crippen LogP contribution in [-0.2, 0) is 14.8 Å². The molecule has 2 aromatic carbocycles. The summed E-state index contributed by atoms with van der Waals surface area (Å²) in [7, 11) is -2.42. The molecular weight excluding hydrogens is 428 g/mol. The highest BCUT2D eigenvalue weighted by molar-refractivity contribution is 7.89. The molecule has 3 rings (SSSR count). The van der Waals surface area contributed by atoms with Gasteiger partial charge in [0.2, 0.25) is 10.0 Å². The molecule has 7 nitrogen and oxygen atoms in total. The van der Waals surface area contributed by atoms with E-state index in [1.807, 2.05) is 0 Å². The predicted molar refractivity (Wildman–Crippen MR) is 115 cm³/mol. The number of rotatable bonds is 5. The lowest BCUT2D eigenvalue weighted by Crippen LogP contribution is -2.35. The quantitative estimate of drug-likeness (QED) is 0.698. The maximum Gasteiger partial charge on any atom is 0.338 e. The van der Waals surface area contributed by atoms with Crippen molar-refractivity contribution in [3.05, 3.63) is 58.1 Å². The first-order valence-corrected chi connectivity index (χ1v) is 11.4. The lowest BCUT2D eigenvalue weighted by molar-refractivity contribution is 0.0599. The normalized spacial score (nSPS) is 14.9. The fraction of sp³-hybridized carbons (Fsp3) is 0.333. The number of benzene rings is 2. The van der Waals surface area contributed by atoms with Gasteiger partial charge >= 0.3 is 5.97 Å². The number of amides is 1. The molecule has 1 amide bonds. The van der Waals surface area contributed by atoms with Gasteiger partial charge in [-0.2, -0.15) is 4.31 Å². The fourth-order valence-corrected chi connectivity index (χ4v) is 5.13. The Balaban J connectivity index is 1.90. The highest BCUT2D eigenvalue weighted by Gasteiger charge is 2.27. The van der Waals surface area contributed by atoms with E-state index in [0.717, 1.165) is 19.3 Å². The van der Waals surface area contributed by atoms with Gasteiger partial charge in [-0.1, -0.05) is 24.1 Å². The zero-order valence-corrected chi connectivity index (χ0v) is 18.3. The SMILES string of the molecule is COC(=O)c1cccc(NC(=O)c2cc(S(=O)(=O)N3CCCCC3)ccc2Cl)c1C. The first kappa shape index (κ1) is 22.3. The molecule has 0 spiro atoms. The van der Waals surface area contributed by atoms with E-state index >= 15 is 0 Å². The van der Waals surface area contributed by atoms with Crippen molar-refractivity contribution in [3.8, 4) is 0 Å². The van der Waals surface area contributed by atoms with Crippen LogP contribution < -0.4 is 5.32 Å². The second-order valence-corrected chi connectivity index (χ2v) is 9.38. The van der Waals surface area contributed by atoms with Crippen molar-refractivity contribution in [1.29, 1.82) is 0 Å². The largest absolute Gasteiger partial charge is 0.465 e. The van der Waals surface area contributed by atoms with Crippen molar-refractivity contribution in [2.24, 2.45) is 0 Å². The molecule has 0 radical (unpaired) electrons. The molecule has 1 saturated heterocycles. The molecule has 1 aliphatic heterocycles. The van der Waals surface area contributed by atoms with Crippen molar-refractivity contribution in [2.75, 3.05) is 25.5 Å². The second-order valence-electron chi connectivity index (χ2n) is 7.03. The van der Waals surface area contributed by atoms with E-state index in [2.05, 4.69) is 5.32 Å². The number of carbonyl (C=O) groups is 2. The maximum absolute atomic E-state index is 12.9. The van der Waals surface area contributed by atoms with Crippen LogP contribution in [-0.4, -0.2) is 44.8 Å². The second kappa shape index (κ2) is 9.16. The van der Waals surface area contributed by atoms with Crippen molar-refractivity contribution >= 4 is 39.2 Å². The van der Waals surface area contributed by atoms with Crippen LogP contribution in [0.2, 0.25) is 5.02 Å². The highest BCUT2D eigenvalue weighted by Crippen LogP contribution is 2.27. The van der Waals surface area contributed by atoms with E-state index in [-0.39, 0.29) is 15.5 Å². The van der Waals surface area contributed by atoms with E-state index in [1.165, 1.54) is 29.6 Å². The van der Waals surface area contributed by atoms with E-state index < -0.39 is 21.9 Å². The average Bonchev–Trinajstić information content (AvgIpc) is 2.75. The number of sulfonamides is 1. The van der Waals surface area contributed by atoms with Gasteiger partial charge in [0.15, 0.2) is 0 Å². The molecule has 0 atom stereocenters. The Morgan fingerprint density at radius 1 is 1.07 bits per heavy atom. The summed E-state index contributed by atoms with van der Waals surface area (Å²) in [5.41, 5.74) is 1.30. The van der Waals surface area contributed by atoms with Crippen LogP contribution >= 0.6 is 11.6 Å². The minimum Gasteiger partial charge on any atom is -0.465 e. The van der Waals surface area contributed by atoms with Gasteiger partial charge in [0.25, 0.3) is 5.91 Å². The van der Waals surface area contributed by atoms with Gasteiger partial charge in [0, 0.05) is 18.8 Å².